The van der Waals surface area contributed by atoms with Gasteiger partial charge in [0.15, 0.2) is 0 Å². The van der Waals surface area contributed by atoms with E-state index in [1.54, 1.807) is 19.2 Å². The maximum atomic E-state index is 10.4. The number of amides is 1. The van der Waals surface area contributed by atoms with Gasteiger partial charge in [-0.3, -0.25) is 9.79 Å². The van der Waals surface area contributed by atoms with Gasteiger partial charge < -0.3 is 10.7 Å². The number of nitrogens with one attached hydrogen (secondary N) is 1. The Bertz CT molecular complexity index is 411. The van der Waals surface area contributed by atoms with Crippen LogP contribution in [0.3, 0.4) is 0 Å². The Hall–Kier alpha value is -2.09. The Labute approximate surface area is 81.3 Å². The molecule has 0 saturated carbocycles. The Morgan fingerprint density at radius 3 is 3.00 bits per heavy atom. The topological polar surface area (TPSA) is 95.0 Å². The normalized spacial score (nSPS) is 11.0. The van der Waals surface area contributed by atoms with Crippen molar-refractivity contribution in [2.24, 2.45) is 10.7 Å². The number of aromatic amines is 1. The van der Waals surface area contributed by atoms with Crippen LogP contribution in [-0.2, 0) is 4.79 Å². The highest BCUT2D eigenvalue weighted by molar-refractivity contribution is 5.98. The standard InChI is InChI=1S/C9H10N4O/c1-6(12-5-9(11)14)8-2-7(3-10)4-13-8/h2,4,13H,5H2,1H3,(H2,11,14). The van der Waals surface area contributed by atoms with Crippen LogP contribution >= 0.6 is 0 Å². The molecule has 1 rings (SSSR count). The lowest BCUT2D eigenvalue weighted by atomic mass is 10.2. The molecule has 0 unspecified atom stereocenters. The molecule has 0 saturated heterocycles. The number of nitrogens with two attached hydrogens (primary N) is 1. The highest BCUT2D eigenvalue weighted by atomic mass is 16.1. The molecule has 5 heteroatoms. The van der Waals surface area contributed by atoms with E-state index >= 15 is 0 Å². The Kier molecular flexibility index (Phi) is 3.02. The number of nitrogens with zero attached hydrogens (tertiary/aromatic N) is 2. The molecule has 0 radical (unpaired) electrons. The van der Waals surface area contributed by atoms with E-state index in [2.05, 4.69) is 9.98 Å². The summed E-state index contributed by atoms with van der Waals surface area (Å²) < 4.78 is 0. The minimum atomic E-state index is -0.476. The summed E-state index contributed by atoms with van der Waals surface area (Å²) in [7, 11) is 0. The third-order valence-electron chi connectivity index (χ3n) is 1.67. The fourth-order valence-electron chi connectivity index (χ4n) is 0.949. The second-order valence-electron chi connectivity index (χ2n) is 2.78. The lowest BCUT2D eigenvalue weighted by molar-refractivity contribution is -0.116. The number of aromatic nitrogens is 1. The van der Waals surface area contributed by atoms with Gasteiger partial charge in [-0.2, -0.15) is 5.26 Å². The molecule has 0 aliphatic carbocycles. The number of rotatable bonds is 3. The van der Waals surface area contributed by atoms with E-state index < -0.39 is 5.91 Å². The lowest BCUT2D eigenvalue weighted by Crippen LogP contribution is -2.15. The number of primary amides is 1. The van der Waals surface area contributed by atoms with Crippen molar-refractivity contribution < 1.29 is 4.79 Å². The SMILES string of the molecule is CC(=NCC(N)=O)c1cc(C#N)c[nH]1. The van der Waals surface area contributed by atoms with Gasteiger partial charge in [0, 0.05) is 6.20 Å². The molecule has 0 aromatic carbocycles. The van der Waals surface area contributed by atoms with Crippen LogP contribution in [-0.4, -0.2) is 23.1 Å². The number of carbonyl (C=O) groups excluding carboxylic acids is 1. The van der Waals surface area contributed by atoms with Crippen molar-refractivity contribution in [2.75, 3.05) is 6.54 Å². The number of H-pyrrole nitrogens is 1. The Morgan fingerprint density at radius 1 is 1.79 bits per heavy atom. The number of hydrogen-bond donors (Lipinski definition) is 2. The predicted octanol–water partition coefficient (Wildman–Crippen LogP) is 0.181. The van der Waals surface area contributed by atoms with Gasteiger partial charge in [0.05, 0.1) is 17.0 Å². The van der Waals surface area contributed by atoms with Crippen LogP contribution in [0, 0.1) is 11.3 Å². The third kappa shape index (κ3) is 2.45. The first-order valence-electron chi connectivity index (χ1n) is 4.01. The van der Waals surface area contributed by atoms with Crippen LogP contribution < -0.4 is 5.73 Å². The van der Waals surface area contributed by atoms with Gasteiger partial charge in [0.2, 0.25) is 5.91 Å². The van der Waals surface area contributed by atoms with Gasteiger partial charge in [-0.15, -0.1) is 0 Å². The molecule has 0 bridgehead atoms. The van der Waals surface area contributed by atoms with E-state index in [9.17, 15) is 4.79 Å². The number of aliphatic imine (C=N–C) groups is 1. The number of nitriles is 1. The van der Waals surface area contributed by atoms with Gasteiger partial charge >= 0.3 is 0 Å². The van der Waals surface area contributed by atoms with Gasteiger partial charge in [-0.25, -0.2) is 0 Å². The summed E-state index contributed by atoms with van der Waals surface area (Å²) in [5.74, 6) is -0.476. The molecule has 0 atom stereocenters. The van der Waals surface area contributed by atoms with Crippen molar-refractivity contribution in [1.82, 2.24) is 4.98 Å². The zero-order chi connectivity index (χ0) is 10.6. The minimum absolute atomic E-state index is 0.0350. The first-order valence-corrected chi connectivity index (χ1v) is 4.01. The molecule has 0 aliphatic heterocycles. The molecule has 1 heterocycles. The van der Waals surface area contributed by atoms with Crippen LogP contribution in [0.15, 0.2) is 17.3 Å². The van der Waals surface area contributed by atoms with E-state index in [4.69, 9.17) is 11.0 Å². The average Bonchev–Trinajstić information content (AvgIpc) is 2.62. The molecule has 14 heavy (non-hydrogen) atoms. The van der Waals surface area contributed by atoms with E-state index in [1.807, 2.05) is 6.07 Å². The maximum absolute atomic E-state index is 10.4. The van der Waals surface area contributed by atoms with Crippen LogP contribution in [0.1, 0.15) is 18.2 Å². The average molecular weight is 190 g/mol. The molecule has 0 fully saturated rings. The van der Waals surface area contributed by atoms with Crippen LogP contribution in [0.5, 0.6) is 0 Å². The van der Waals surface area contributed by atoms with Gasteiger partial charge in [-0.05, 0) is 13.0 Å². The summed E-state index contributed by atoms with van der Waals surface area (Å²) in [4.78, 5) is 17.3. The fourth-order valence-corrected chi connectivity index (χ4v) is 0.949. The summed E-state index contributed by atoms with van der Waals surface area (Å²) in [6.07, 6.45) is 1.58. The quantitative estimate of drug-likeness (QED) is 0.665. The minimum Gasteiger partial charge on any atom is -0.368 e. The van der Waals surface area contributed by atoms with Crippen LogP contribution in [0.2, 0.25) is 0 Å². The van der Waals surface area contributed by atoms with Crippen molar-refractivity contribution in [3.63, 3.8) is 0 Å². The Morgan fingerprint density at radius 2 is 2.50 bits per heavy atom. The second-order valence-corrected chi connectivity index (χ2v) is 2.78. The van der Waals surface area contributed by atoms with E-state index in [0.717, 1.165) is 5.69 Å². The van der Waals surface area contributed by atoms with Gasteiger partial charge in [-0.1, -0.05) is 0 Å². The maximum Gasteiger partial charge on any atom is 0.239 e. The van der Waals surface area contributed by atoms with E-state index in [-0.39, 0.29) is 6.54 Å². The van der Waals surface area contributed by atoms with Crippen molar-refractivity contribution in [1.29, 1.82) is 5.26 Å². The molecule has 72 valence electrons. The third-order valence-corrected chi connectivity index (χ3v) is 1.67. The van der Waals surface area contributed by atoms with Gasteiger partial charge in [0.25, 0.3) is 0 Å². The highest BCUT2D eigenvalue weighted by Crippen LogP contribution is 2.03. The molecule has 0 spiro atoms. The molecule has 1 amide bonds. The summed E-state index contributed by atoms with van der Waals surface area (Å²) in [6, 6.07) is 3.66. The molecule has 3 N–H and O–H groups in total. The predicted molar refractivity (Wildman–Crippen MR) is 51.8 cm³/mol. The summed E-state index contributed by atoms with van der Waals surface area (Å²) >= 11 is 0. The van der Waals surface area contributed by atoms with Crippen molar-refractivity contribution >= 4 is 11.6 Å². The first kappa shape index (κ1) is 9.99. The van der Waals surface area contributed by atoms with Crippen LogP contribution in [0.4, 0.5) is 0 Å². The largest absolute Gasteiger partial charge is 0.368 e. The molecule has 5 nitrogen and oxygen atoms in total. The summed E-state index contributed by atoms with van der Waals surface area (Å²) in [5, 5.41) is 8.57. The van der Waals surface area contributed by atoms with Crippen molar-refractivity contribution in [2.45, 2.75) is 6.92 Å². The molecule has 0 aliphatic rings. The lowest BCUT2D eigenvalue weighted by Gasteiger charge is -1.94. The summed E-state index contributed by atoms with van der Waals surface area (Å²) in [5.41, 5.74) is 6.86. The zero-order valence-corrected chi connectivity index (χ0v) is 7.74. The second kappa shape index (κ2) is 4.23. The first-order chi connectivity index (χ1) is 6.63. The molecular weight excluding hydrogens is 180 g/mol. The Balaban J connectivity index is 2.79. The van der Waals surface area contributed by atoms with Gasteiger partial charge in [0.1, 0.15) is 12.6 Å². The van der Waals surface area contributed by atoms with Crippen LogP contribution in [0.25, 0.3) is 0 Å². The zero-order valence-electron chi connectivity index (χ0n) is 7.74. The van der Waals surface area contributed by atoms with E-state index in [0.29, 0.717) is 11.3 Å². The van der Waals surface area contributed by atoms with E-state index in [1.165, 1.54) is 0 Å². The molecule has 1 aromatic heterocycles. The molecule has 1 aromatic rings. The highest BCUT2D eigenvalue weighted by Gasteiger charge is 2.01. The fraction of sp³-hybridized carbons (Fsp3) is 0.222. The molecular formula is C9H10N4O. The monoisotopic (exact) mass is 190 g/mol. The van der Waals surface area contributed by atoms with Crippen molar-refractivity contribution in [3.05, 3.63) is 23.5 Å². The number of carbonyl (C=O) groups is 1. The summed E-state index contributed by atoms with van der Waals surface area (Å²) in [6.45, 7) is 1.71. The number of hydrogen-bond acceptors (Lipinski definition) is 3. The van der Waals surface area contributed by atoms with Crippen molar-refractivity contribution in [3.8, 4) is 6.07 Å². The smallest absolute Gasteiger partial charge is 0.239 e.